The number of rotatable bonds is 5. The Labute approximate surface area is 174 Å². The largest absolute Gasteiger partial charge is 0.505 e. The van der Waals surface area contributed by atoms with Crippen molar-refractivity contribution in [3.63, 3.8) is 0 Å². The highest BCUT2D eigenvalue weighted by molar-refractivity contribution is 6.10. The number of para-hydroxylation sites is 1. The Kier molecular flexibility index (Phi) is 5.46. The molecule has 0 spiro atoms. The molecule has 0 radical (unpaired) electrons. The van der Waals surface area contributed by atoms with Crippen LogP contribution in [-0.2, 0) is 0 Å². The zero-order valence-electron chi connectivity index (χ0n) is 16.5. The van der Waals surface area contributed by atoms with Crippen molar-refractivity contribution < 1.29 is 15.0 Å². The van der Waals surface area contributed by atoms with Crippen molar-refractivity contribution in [3.8, 4) is 17.0 Å². The summed E-state index contributed by atoms with van der Waals surface area (Å²) in [4.78, 5) is 17.9. The highest BCUT2D eigenvalue weighted by atomic mass is 16.3. The zero-order valence-corrected chi connectivity index (χ0v) is 16.5. The fourth-order valence-corrected chi connectivity index (χ4v) is 3.59. The highest BCUT2D eigenvalue weighted by Gasteiger charge is 2.25. The van der Waals surface area contributed by atoms with E-state index in [-0.39, 0.29) is 11.3 Å². The molecule has 30 heavy (non-hydrogen) atoms. The van der Waals surface area contributed by atoms with Crippen LogP contribution < -0.4 is 5.32 Å². The molecule has 0 aliphatic heterocycles. The average molecular weight is 398 g/mol. The van der Waals surface area contributed by atoms with Crippen molar-refractivity contribution in [2.75, 3.05) is 0 Å². The molecule has 1 amide bonds. The molecule has 2 unspecified atom stereocenters. The van der Waals surface area contributed by atoms with Crippen molar-refractivity contribution in [1.29, 1.82) is 0 Å². The average Bonchev–Trinajstić information content (AvgIpc) is 2.78. The molecule has 5 nitrogen and oxygen atoms in total. The molecule has 0 bridgehead atoms. The third-order valence-electron chi connectivity index (χ3n) is 5.07. The summed E-state index contributed by atoms with van der Waals surface area (Å²) in [6, 6.07) is 25.1. The second-order valence-corrected chi connectivity index (χ2v) is 7.17. The van der Waals surface area contributed by atoms with Gasteiger partial charge in [-0.2, -0.15) is 0 Å². The van der Waals surface area contributed by atoms with Crippen LogP contribution >= 0.6 is 0 Å². The number of hydrogen-bond donors (Lipinski definition) is 3. The number of amides is 1. The first-order valence-corrected chi connectivity index (χ1v) is 9.77. The van der Waals surface area contributed by atoms with Gasteiger partial charge in [0.15, 0.2) is 5.75 Å². The number of aliphatic hydroxyl groups is 1. The van der Waals surface area contributed by atoms with Gasteiger partial charge in [0.05, 0.1) is 23.2 Å². The normalized spacial score (nSPS) is 13.0. The van der Waals surface area contributed by atoms with Crippen molar-refractivity contribution in [2.24, 2.45) is 0 Å². The maximum Gasteiger partial charge on any atom is 0.256 e. The van der Waals surface area contributed by atoms with Crippen LogP contribution in [0, 0.1) is 0 Å². The molecular weight excluding hydrogens is 376 g/mol. The van der Waals surface area contributed by atoms with Crippen molar-refractivity contribution >= 4 is 16.8 Å². The molecule has 3 aromatic carbocycles. The lowest BCUT2D eigenvalue weighted by Gasteiger charge is -2.23. The number of fused-ring (bicyclic) bond motifs is 1. The second kappa shape index (κ2) is 8.35. The molecular formula is C25H22N2O3. The summed E-state index contributed by atoms with van der Waals surface area (Å²) in [6.45, 7) is 1.62. The number of aliphatic hydroxyl groups excluding tert-OH is 1. The van der Waals surface area contributed by atoms with Gasteiger partial charge in [-0.05, 0) is 18.6 Å². The molecule has 2 atom stereocenters. The number of pyridine rings is 1. The van der Waals surface area contributed by atoms with Gasteiger partial charge in [-0.15, -0.1) is 0 Å². The van der Waals surface area contributed by atoms with Crippen molar-refractivity contribution in [1.82, 2.24) is 10.3 Å². The van der Waals surface area contributed by atoms with Crippen LogP contribution in [0.2, 0.25) is 0 Å². The van der Waals surface area contributed by atoms with Crippen LogP contribution in [0.4, 0.5) is 0 Å². The van der Waals surface area contributed by atoms with Gasteiger partial charge < -0.3 is 15.5 Å². The minimum atomic E-state index is -0.819. The van der Waals surface area contributed by atoms with Crippen LogP contribution in [0.3, 0.4) is 0 Å². The highest BCUT2D eigenvalue weighted by Crippen LogP contribution is 2.35. The number of hydrogen-bond acceptors (Lipinski definition) is 4. The molecule has 0 aliphatic rings. The van der Waals surface area contributed by atoms with Gasteiger partial charge in [0.25, 0.3) is 5.91 Å². The number of aromatic hydroxyl groups is 1. The molecule has 0 aliphatic carbocycles. The van der Waals surface area contributed by atoms with Crippen LogP contribution in [0.5, 0.6) is 5.75 Å². The quantitative estimate of drug-likeness (QED) is 0.464. The number of benzene rings is 3. The third-order valence-corrected chi connectivity index (χ3v) is 5.07. The van der Waals surface area contributed by atoms with Gasteiger partial charge in [0.2, 0.25) is 0 Å². The van der Waals surface area contributed by atoms with E-state index in [9.17, 15) is 15.0 Å². The number of nitrogens with zero attached hydrogens (tertiary/aromatic N) is 1. The summed E-state index contributed by atoms with van der Waals surface area (Å²) in [6.07, 6.45) is -0.819. The topological polar surface area (TPSA) is 82.5 Å². The fourth-order valence-electron chi connectivity index (χ4n) is 3.59. The monoisotopic (exact) mass is 398 g/mol. The summed E-state index contributed by atoms with van der Waals surface area (Å²) in [7, 11) is 0. The van der Waals surface area contributed by atoms with E-state index in [1.54, 1.807) is 25.1 Å². The SMILES string of the molecule is CC(O)C(NC(=O)c1c(O)c(-c2ccccc2)nc2ccccc12)c1ccccc1. The van der Waals surface area contributed by atoms with Gasteiger partial charge in [-0.1, -0.05) is 78.9 Å². The maximum atomic E-state index is 13.3. The van der Waals surface area contributed by atoms with Crippen molar-refractivity contribution in [3.05, 3.63) is 96.1 Å². The van der Waals surface area contributed by atoms with Crippen LogP contribution in [0.1, 0.15) is 28.9 Å². The number of carbonyl (C=O) groups is 1. The fraction of sp³-hybridized carbons (Fsp3) is 0.120. The summed E-state index contributed by atoms with van der Waals surface area (Å²) >= 11 is 0. The first-order chi connectivity index (χ1) is 14.6. The van der Waals surface area contributed by atoms with Gasteiger partial charge >= 0.3 is 0 Å². The number of nitrogens with one attached hydrogen (secondary N) is 1. The molecule has 0 fully saturated rings. The second-order valence-electron chi connectivity index (χ2n) is 7.17. The molecule has 5 heteroatoms. The third kappa shape index (κ3) is 3.75. The Bertz CT molecular complexity index is 1180. The summed E-state index contributed by atoms with van der Waals surface area (Å²) in [5, 5.41) is 24.8. The predicted octanol–water partition coefficient (Wildman–Crippen LogP) is 4.46. The van der Waals surface area contributed by atoms with Crippen LogP contribution in [0.25, 0.3) is 22.2 Å². The minimum Gasteiger partial charge on any atom is -0.505 e. The standard InChI is InChI=1S/C25H22N2O3/c1-16(28)22(17-10-4-2-5-11-17)27-25(30)21-19-14-8-9-15-20(19)26-23(24(21)29)18-12-6-3-7-13-18/h2-16,22,28-29H,1H3,(H,27,30). The van der Waals surface area contributed by atoms with E-state index in [2.05, 4.69) is 10.3 Å². The zero-order chi connectivity index (χ0) is 21.1. The van der Waals surface area contributed by atoms with E-state index in [1.807, 2.05) is 66.7 Å². The lowest BCUT2D eigenvalue weighted by atomic mass is 9.99. The Hall–Kier alpha value is -3.70. The van der Waals surface area contributed by atoms with E-state index < -0.39 is 18.1 Å². The molecule has 3 N–H and O–H groups in total. The lowest BCUT2D eigenvalue weighted by molar-refractivity contribution is 0.0857. The number of carbonyl (C=O) groups excluding carboxylic acids is 1. The molecule has 1 aromatic heterocycles. The maximum absolute atomic E-state index is 13.3. The first kappa shape index (κ1) is 19.6. The van der Waals surface area contributed by atoms with E-state index in [4.69, 9.17) is 0 Å². The van der Waals surface area contributed by atoms with Gasteiger partial charge in [0.1, 0.15) is 5.69 Å². The van der Waals surface area contributed by atoms with Gasteiger partial charge in [-0.25, -0.2) is 4.98 Å². The van der Waals surface area contributed by atoms with Crippen LogP contribution in [0.15, 0.2) is 84.9 Å². The molecule has 0 saturated heterocycles. The Morgan fingerprint density at radius 1 is 0.900 bits per heavy atom. The Balaban J connectivity index is 1.83. The predicted molar refractivity (Wildman–Crippen MR) is 117 cm³/mol. The van der Waals surface area contributed by atoms with E-state index in [1.165, 1.54) is 0 Å². The van der Waals surface area contributed by atoms with E-state index in [0.717, 1.165) is 5.56 Å². The minimum absolute atomic E-state index is 0.140. The van der Waals surface area contributed by atoms with E-state index >= 15 is 0 Å². The van der Waals surface area contributed by atoms with Gasteiger partial charge in [0, 0.05) is 10.9 Å². The molecule has 150 valence electrons. The smallest absolute Gasteiger partial charge is 0.256 e. The summed E-state index contributed by atoms with van der Waals surface area (Å²) in [5.74, 6) is -0.659. The lowest BCUT2D eigenvalue weighted by Crippen LogP contribution is -2.35. The molecule has 1 heterocycles. The first-order valence-electron chi connectivity index (χ1n) is 9.77. The molecule has 4 aromatic rings. The Morgan fingerprint density at radius 2 is 1.50 bits per heavy atom. The van der Waals surface area contributed by atoms with Gasteiger partial charge in [-0.3, -0.25) is 4.79 Å². The van der Waals surface area contributed by atoms with Crippen LogP contribution in [-0.4, -0.2) is 27.2 Å². The Morgan fingerprint density at radius 3 is 2.17 bits per heavy atom. The summed E-state index contributed by atoms with van der Waals surface area (Å²) < 4.78 is 0. The summed E-state index contributed by atoms with van der Waals surface area (Å²) in [5.41, 5.74) is 2.58. The number of aromatic nitrogens is 1. The molecule has 4 rings (SSSR count). The van der Waals surface area contributed by atoms with E-state index in [0.29, 0.717) is 22.2 Å². The van der Waals surface area contributed by atoms with Crippen molar-refractivity contribution in [2.45, 2.75) is 19.1 Å². The molecule has 0 saturated carbocycles.